The van der Waals surface area contributed by atoms with E-state index in [0.717, 1.165) is 61.9 Å². The minimum atomic E-state index is -0.344. The Labute approximate surface area is 225 Å². The number of anilines is 3. The number of amides is 1. The molecule has 0 radical (unpaired) electrons. The third kappa shape index (κ3) is 6.57. The number of pyridine rings is 1. The van der Waals surface area contributed by atoms with Crippen LogP contribution in [0.5, 0.6) is 0 Å². The van der Waals surface area contributed by atoms with E-state index < -0.39 is 0 Å². The maximum atomic E-state index is 12.3. The Kier molecular flexibility index (Phi) is 8.76. The molecule has 9 heteroatoms. The summed E-state index contributed by atoms with van der Waals surface area (Å²) in [6.07, 6.45) is 5.96. The lowest BCUT2D eigenvalue weighted by molar-refractivity contribution is -0.118. The maximum absolute atomic E-state index is 12.3. The van der Waals surface area contributed by atoms with Gasteiger partial charge in [0.05, 0.1) is 18.0 Å². The number of aromatic nitrogens is 3. The number of nitrogens with zero attached hydrogens (tertiary/aromatic N) is 5. The Morgan fingerprint density at radius 1 is 1.29 bits per heavy atom. The van der Waals surface area contributed by atoms with Crippen LogP contribution in [0.3, 0.4) is 0 Å². The van der Waals surface area contributed by atoms with E-state index in [1.807, 2.05) is 13.8 Å². The van der Waals surface area contributed by atoms with Gasteiger partial charge in [-0.1, -0.05) is 26.1 Å². The average molecular weight is 518 g/mol. The fraction of sp³-hybridized carbons (Fsp3) is 0.483. The van der Waals surface area contributed by atoms with Gasteiger partial charge in [0.1, 0.15) is 23.3 Å². The standard InChI is InChI=1S/C29H39N7O2/c1-6-24(34-26(38)16-18(2)20(4)37)17-31-27-19(3)29(33-21(5)32-27)36-14-11-22(12-15-36)25-10-9-23-8-7-13-30-28(23)35-25/h6,9-10,18,22,37H,1,4,7-8,11-17H2,2-3,5H3,(H,30,35)(H,31,32,33)/t18-/m1/s1. The predicted octanol–water partition coefficient (Wildman–Crippen LogP) is 4.89. The number of hydrogen-bond acceptors (Lipinski definition) is 8. The summed E-state index contributed by atoms with van der Waals surface area (Å²) in [5, 5.41) is 16.2. The lowest BCUT2D eigenvalue weighted by atomic mass is 9.92. The molecule has 0 bridgehead atoms. The molecular formula is C29H39N7O2. The number of aliphatic hydroxyl groups is 1. The van der Waals surface area contributed by atoms with Crippen LogP contribution in [0.25, 0.3) is 0 Å². The zero-order valence-corrected chi connectivity index (χ0v) is 22.8. The fourth-order valence-electron chi connectivity index (χ4n) is 4.97. The van der Waals surface area contributed by atoms with Gasteiger partial charge < -0.3 is 20.6 Å². The highest BCUT2D eigenvalue weighted by molar-refractivity contribution is 6.04. The first kappa shape index (κ1) is 27.3. The van der Waals surface area contributed by atoms with Crippen molar-refractivity contribution in [2.75, 3.05) is 41.7 Å². The molecule has 38 heavy (non-hydrogen) atoms. The third-order valence-corrected chi connectivity index (χ3v) is 7.35. The molecule has 2 aliphatic heterocycles. The molecule has 1 saturated heterocycles. The number of piperidine rings is 1. The Bertz CT molecular complexity index is 1230. The van der Waals surface area contributed by atoms with E-state index in [2.05, 4.69) is 50.8 Å². The van der Waals surface area contributed by atoms with Crippen LogP contribution >= 0.6 is 0 Å². The molecule has 202 valence electrons. The van der Waals surface area contributed by atoms with E-state index in [0.29, 0.717) is 24.0 Å². The zero-order valence-electron chi connectivity index (χ0n) is 22.8. The summed E-state index contributed by atoms with van der Waals surface area (Å²) in [4.78, 5) is 33.1. The predicted molar refractivity (Wildman–Crippen MR) is 153 cm³/mol. The smallest absolute Gasteiger partial charge is 0.246 e. The van der Waals surface area contributed by atoms with Gasteiger partial charge >= 0.3 is 0 Å². The highest BCUT2D eigenvalue weighted by Gasteiger charge is 2.25. The SMILES string of the molecule is C=CC(CNc1nc(C)nc(N2CCC(c3ccc4c(n3)NCCC4)CC2)c1C)=NC(=O)C[C@@H](C)C(=C)O. The van der Waals surface area contributed by atoms with Gasteiger partial charge in [0, 0.05) is 49.1 Å². The number of fused-ring (bicyclic) bond motifs is 1. The zero-order chi connectivity index (χ0) is 27.2. The number of aryl methyl sites for hydroxylation is 2. The van der Waals surface area contributed by atoms with Gasteiger partial charge in [-0.15, -0.1) is 0 Å². The lowest BCUT2D eigenvalue weighted by Crippen LogP contribution is -2.34. The van der Waals surface area contributed by atoms with Crippen LogP contribution in [0.15, 0.2) is 42.1 Å². The second kappa shape index (κ2) is 12.2. The Morgan fingerprint density at radius 2 is 2.05 bits per heavy atom. The molecule has 2 aromatic rings. The minimum absolute atomic E-state index is 0.0218. The van der Waals surface area contributed by atoms with E-state index in [9.17, 15) is 9.90 Å². The molecule has 1 atom stereocenters. The first-order valence-corrected chi connectivity index (χ1v) is 13.4. The first-order valence-electron chi connectivity index (χ1n) is 13.4. The molecular weight excluding hydrogens is 478 g/mol. The lowest BCUT2D eigenvalue weighted by Gasteiger charge is -2.34. The molecule has 1 amide bonds. The van der Waals surface area contributed by atoms with Crippen LogP contribution in [0.4, 0.5) is 17.5 Å². The van der Waals surface area contributed by atoms with Crippen LogP contribution in [0, 0.1) is 19.8 Å². The van der Waals surface area contributed by atoms with E-state index in [1.165, 1.54) is 17.7 Å². The number of nitrogens with one attached hydrogen (secondary N) is 2. The molecule has 0 aromatic carbocycles. The molecule has 4 heterocycles. The van der Waals surface area contributed by atoms with Crippen LogP contribution in [-0.2, 0) is 11.2 Å². The number of hydrogen-bond donors (Lipinski definition) is 3. The summed E-state index contributed by atoms with van der Waals surface area (Å²) in [5.41, 5.74) is 3.98. The van der Waals surface area contributed by atoms with Gasteiger partial charge in [-0.25, -0.2) is 19.9 Å². The van der Waals surface area contributed by atoms with Crippen molar-refractivity contribution in [2.45, 2.75) is 58.8 Å². The summed E-state index contributed by atoms with van der Waals surface area (Å²) >= 11 is 0. The second-order valence-corrected chi connectivity index (χ2v) is 10.3. The van der Waals surface area contributed by atoms with Gasteiger partial charge in [-0.2, -0.15) is 0 Å². The fourth-order valence-corrected chi connectivity index (χ4v) is 4.97. The Hall–Kier alpha value is -3.75. The summed E-state index contributed by atoms with van der Waals surface area (Å²) in [6.45, 7) is 16.0. The van der Waals surface area contributed by atoms with Crippen molar-refractivity contribution in [3.8, 4) is 0 Å². The molecule has 0 aliphatic carbocycles. The highest BCUT2D eigenvalue weighted by Crippen LogP contribution is 2.33. The number of rotatable bonds is 9. The quantitative estimate of drug-likeness (QED) is 0.318. The Morgan fingerprint density at radius 3 is 2.76 bits per heavy atom. The van der Waals surface area contributed by atoms with Crippen LogP contribution < -0.4 is 15.5 Å². The summed E-state index contributed by atoms with van der Waals surface area (Å²) in [7, 11) is 0. The average Bonchev–Trinajstić information content (AvgIpc) is 2.92. The number of carbonyl (C=O) groups excluding carboxylic acids is 1. The molecule has 9 nitrogen and oxygen atoms in total. The third-order valence-electron chi connectivity index (χ3n) is 7.35. The van der Waals surface area contributed by atoms with Crippen molar-refractivity contribution >= 4 is 29.1 Å². The molecule has 2 aliphatic rings. The van der Waals surface area contributed by atoms with Crippen molar-refractivity contribution in [1.29, 1.82) is 0 Å². The molecule has 4 rings (SSSR count). The van der Waals surface area contributed by atoms with Crippen LogP contribution in [-0.4, -0.2) is 57.9 Å². The summed E-state index contributed by atoms with van der Waals surface area (Å²) < 4.78 is 0. The number of aliphatic hydroxyl groups excluding tert-OH is 1. The summed E-state index contributed by atoms with van der Waals surface area (Å²) in [5.74, 6) is 3.14. The van der Waals surface area contributed by atoms with E-state index in [1.54, 1.807) is 13.0 Å². The molecule has 2 aromatic heterocycles. The normalized spacial score (nSPS) is 16.8. The summed E-state index contributed by atoms with van der Waals surface area (Å²) in [6, 6.07) is 4.45. The second-order valence-electron chi connectivity index (χ2n) is 10.3. The van der Waals surface area contributed by atoms with E-state index in [-0.39, 0.29) is 24.0 Å². The number of allylic oxidation sites excluding steroid dienone is 1. The molecule has 0 saturated carbocycles. The number of aliphatic imine (C=N–C) groups is 1. The van der Waals surface area contributed by atoms with Crippen molar-refractivity contribution < 1.29 is 9.90 Å². The maximum Gasteiger partial charge on any atom is 0.246 e. The van der Waals surface area contributed by atoms with Gasteiger partial charge in [0.25, 0.3) is 0 Å². The van der Waals surface area contributed by atoms with E-state index in [4.69, 9.17) is 9.97 Å². The highest BCUT2D eigenvalue weighted by atomic mass is 16.3. The van der Waals surface area contributed by atoms with Crippen molar-refractivity contribution in [1.82, 2.24) is 15.0 Å². The largest absolute Gasteiger partial charge is 0.513 e. The van der Waals surface area contributed by atoms with E-state index >= 15 is 0 Å². The molecule has 1 fully saturated rings. The van der Waals surface area contributed by atoms with Crippen molar-refractivity contribution in [2.24, 2.45) is 10.9 Å². The first-order chi connectivity index (χ1) is 18.2. The topological polar surface area (TPSA) is 116 Å². The van der Waals surface area contributed by atoms with Crippen LogP contribution in [0.1, 0.15) is 61.2 Å². The molecule has 0 unspecified atom stereocenters. The Balaban J connectivity index is 1.40. The molecule has 3 N–H and O–H groups in total. The van der Waals surface area contributed by atoms with Gasteiger partial charge in [-0.05, 0) is 57.2 Å². The molecule has 0 spiro atoms. The van der Waals surface area contributed by atoms with Crippen LogP contribution in [0.2, 0.25) is 0 Å². The number of carbonyl (C=O) groups is 1. The monoisotopic (exact) mass is 517 g/mol. The van der Waals surface area contributed by atoms with Gasteiger partial charge in [-0.3, -0.25) is 4.79 Å². The minimum Gasteiger partial charge on any atom is -0.513 e. The van der Waals surface area contributed by atoms with Crippen molar-refractivity contribution in [3.63, 3.8) is 0 Å². The van der Waals surface area contributed by atoms with Gasteiger partial charge in [0.2, 0.25) is 5.91 Å². The van der Waals surface area contributed by atoms with Crippen molar-refractivity contribution in [3.05, 3.63) is 59.8 Å². The van der Waals surface area contributed by atoms with Gasteiger partial charge in [0.15, 0.2) is 0 Å².